The molecular formula is C15H16BrN3O. The summed E-state index contributed by atoms with van der Waals surface area (Å²) in [5, 5.41) is 3.26. The van der Waals surface area contributed by atoms with Gasteiger partial charge < -0.3 is 15.8 Å². The van der Waals surface area contributed by atoms with Crippen molar-refractivity contribution in [2.24, 2.45) is 0 Å². The second-order valence-corrected chi connectivity index (χ2v) is 5.06. The Morgan fingerprint density at radius 3 is 3.00 bits per heavy atom. The first kappa shape index (κ1) is 14.4. The molecule has 2 aromatic rings. The summed E-state index contributed by atoms with van der Waals surface area (Å²) in [6.07, 6.45) is 3.39. The van der Waals surface area contributed by atoms with Crippen molar-refractivity contribution >= 4 is 27.4 Å². The maximum Gasteiger partial charge on any atom is 0.146 e. The van der Waals surface area contributed by atoms with E-state index < -0.39 is 0 Å². The van der Waals surface area contributed by atoms with Crippen LogP contribution >= 0.6 is 15.9 Å². The minimum absolute atomic E-state index is 0.476. The standard InChI is InChI=1S/C15H16BrN3O/c1-2-8-20-14-6-5-12(16)9-11(14)10-19-13-4-3-7-18-15(13)17/h2-7,9,19H,1,8,10H2,(H2,17,18). The zero-order valence-corrected chi connectivity index (χ0v) is 12.6. The van der Waals surface area contributed by atoms with Crippen molar-refractivity contribution in [2.45, 2.75) is 6.54 Å². The van der Waals surface area contributed by atoms with Gasteiger partial charge in [0.2, 0.25) is 0 Å². The first-order valence-electron chi connectivity index (χ1n) is 6.17. The van der Waals surface area contributed by atoms with Crippen LogP contribution in [0.3, 0.4) is 0 Å². The van der Waals surface area contributed by atoms with Crippen LogP contribution in [0.4, 0.5) is 11.5 Å². The van der Waals surface area contributed by atoms with E-state index in [1.807, 2.05) is 30.3 Å². The highest BCUT2D eigenvalue weighted by Crippen LogP contribution is 2.25. The van der Waals surface area contributed by atoms with Gasteiger partial charge in [-0.3, -0.25) is 0 Å². The number of nitrogens with one attached hydrogen (secondary N) is 1. The number of ether oxygens (including phenoxy) is 1. The highest BCUT2D eigenvalue weighted by molar-refractivity contribution is 9.10. The van der Waals surface area contributed by atoms with Gasteiger partial charge in [-0.2, -0.15) is 0 Å². The van der Waals surface area contributed by atoms with E-state index in [1.54, 1.807) is 12.3 Å². The predicted octanol–water partition coefficient (Wildman–Crippen LogP) is 3.60. The maximum atomic E-state index is 5.81. The third-order valence-corrected chi connectivity index (χ3v) is 3.18. The minimum Gasteiger partial charge on any atom is -0.489 e. The van der Waals surface area contributed by atoms with E-state index in [1.165, 1.54) is 0 Å². The fourth-order valence-electron chi connectivity index (χ4n) is 1.73. The van der Waals surface area contributed by atoms with E-state index >= 15 is 0 Å². The summed E-state index contributed by atoms with van der Waals surface area (Å²) in [6, 6.07) is 9.62. The summed E-state index contributed by atoms with van der Waals surface area (Å²) in [4.78, 5) is 4.04. The van der Waals surface area contributed by atoms with Crippen molar-refractivity contribution in [1.82, 2.24) is 4.98 Å². The lowest BCUT2D eigenvalue weighted by atomic mass is 10.2. The molecule has 0 aliphatic rings. The Hall–Kier alpha value is -2.01. The van der Waals surface area contributed by atoms with Crippen LogP contribution in [0.1, 0.15) is 5.56 Å². The Morgan fingerprint density at radius 2 is 2.25 bits per heavy atom. The zero-order valence-electron chi connectivity index (χ0n) is 11.0. The molecule has 0 radical (unpaired) electrons. The maximum absolute atomic E-state index is 5.81. The SMILES string of the molecule is C=CCOc1ccc(Br)cc1CNc1cccnc1N. The number of nitrogen functional groups attached to an aromatic ring is 1. The molecule has 1 aromatic heterocycles. The summed E-state index contributed by atoms with van der Waals surface area (Å²) < 4.78 is 6.63. The lowest BCUT2D eigenvalue weighted by Gasteiger charge is -2.13. The van der Waals surface area contributed by atoms with Crippen molar-refractivity contribution in [2.75, 3.05) is 17.7 Å². The largest absolute Gasteiger partial charge is 0.489 e. The van der Waals surface area contributed by atoms with Gasteiger partial charge in [0.15, 0.2) is 0 Å². The smallest absolute Gasteiger partial charge is 0.146 e. The lowest BCUT2D eigenvalue weighted by Crippen LogP contribution is -2.06. The topological polar surface area (TPSA) is 60.2 Å². The molecule has 0 saturated heterocycles. The van der Waals surface area contributed by atoms with Crippen molar-refractivity contribution in [3.05, 3.63) is 59.2 Å². The Kier molecular flexibility index (Phi) is 5.01. The third kappa shape index (κ3) is 3.74. The van der Waals surface area contributed by atoms with Crippen molar-refractivity contribution in [3.8, 4) is 5.75 Å². The van der Waals surface area contributed by atoms with Crippen molar-refractivity contribution in [1.29, 1.82) is 0 Å². The number of nitrogens with zero attached hydrogens (tertiary/aromatic N) is 1. The molecule has 0 saturated carbocycles. The number of nitrogens with two attached hydrogens (primary N) is 1. The Bertz CT molecular complexity index is 601. The van der Waals surface area contributed by atoms with Gasteiger partial charge in [-0.05, 0) is 30.3 Å². The van der Waals surface area contributed by atoms with Crippen LogP contribution in [0.2, 0.25) is 0 Å². The number of hydrogen-bond acceptors (Lipinski definition) is 4. The lowest BCUT2D eigenvalue weighted by molar-refractivity contribution is 0.359. The van der Waals surface area contributed by atoms with E-state index in [-0.39, 0.29) is 0 Å². The number of pyridine rings is 1. The molecule has 0 aliphatic heterocycles. The van der Waals surface area contributed by atoms with Gasteiger partial charge in [0.1, 0.15) is 18.2 Å². The van der Waals surface area contributed by atoms with E-state index in [9.17, 15) is 0 Å². The molecule has 0 unspecified atom stereocenters. The summed E-state index contributed by atoms with van der Waals surface area (Å²) in [6.45, 7) is 4.73. The minimum atomic E-state index is 0.476. The molecule has 1 aromatic carbocycles. The Balaban J connectivity index is 2.13. The van der Waals surface area contributed by atoms with Gasteiger partial charge >= 0.3 is 0 Å². The van der Waals surface area contributed by atoms with Crippen LogP contribution in [0.5, 0.6) is 5.75 Å². The van der Waals surface area contributed by atoms with E-state index in [0.29, 0.717) is 19.0 Å². The van der Waals surface area contributed by atoms with E-state index in [0.717, 1.165) is 21.5 Å². The Morgan fingerprint density at radius 1 is 1.40 bits per heavy atom. The monoisotopic (exact) mass is 333 g/mol. The number of anilines is 2. The number of hydrogen-bond donors (Lipinski definition) is 2. The second kappa shape index (κ2) is 6.96. The first-order chi connectivity index (χ1) is 9.70. The third-order valence-electron chi connectivity index (χ3n) is 2.69. The molecule has 0 amide bonds. The molecule has 104 valence electrons. The van der Waals surface area contributed by atoms with Crippen LogP contribution in [0.25, 0.3) is 0 Å². The van der Waals surface area contributed by atoms with Crippen LogP contribution < -0.4 is 15.8 Å². The molecule has 0 bridgehead atoms. The molecule has 20 heavy (non-hydrogen) atoms. The number of rotatable bonds is 6. The van der Waals surface area contributed by atoms with Gasteiger partial charge in [-0.25, -0.2) is 4.98 Å². The van der Waals surface area contributed by atoms with Gasteiger partial charge in [0.25, 0.3) is 0 Å². The summed E-state index contributed by atoms with van der Waals surface area (Å²) >= 11 is 3.46. The van der Waals surface area contributed by atoms with Crippen LogP contribution in [0, 0.1) is 0 Å². The van der Waals surface area contributed by atoms with Crippen LogP contribution in [-0.2, 0) is 6.54 Å². The molecule has 0 fully saturated rings. The van der Waals surface area contributed by atoms with Gasteiger partial charge in [-0.15, -0.1) is 0 Å². The molecule has 0 spiro atoms. The van der Waals surface area contributed by atoms with Crippen molar-refractivity contribution in [3.63, 3.8) is 0 Å². The molecule has 3 N–H and O–H groups in total. The second-order valence-electron chi connectivity index (χ2n) is 4.14. The van der Waals surface area contributed by atoms with Gasteiger partial charge in [-0.1, -0.05) is 28.6 Å². The molecule has 5 heteroatoms. The average molecular weight is 334 g/mol. The summed E-state index contributed by atoms with van der Waals surface area (Å²) in [5.74, 6) is 1.30. The zero-order chi connectivity index (χ0) is 14.4. The van der Waals surface area contributed by atoms with E-state index in [4.69, 9.17) is 10.5 Å². The normalized spacial score (nSPS) is 10.1. The molecule has 4 nitrogen and oxygen atoms in total. The Labute approximate surface area is 126 Å². The molecule has 1 heterocycles. The molecule has 0 aliphatic carbocycles. The molecule has 2 rings (SSSR count). The predicted molar refractivity (Wildman–Crippen MR) is 85.8 cm³/mol. The van der Waals surface area contributed by atoms with Gasteiger partial charge in [0, 0.05) is 22.8 Å². The van der Waals surface area contributed by atoms with Gasteiger partial charge in [0.05, 0.1) is 5.69 Å². The number of halogens is 1. The molecular weight excluding hydrogens is 318 g/mol. The number of aromatic nitrogens is 1. The van der Waals surface area contributed by atoms with E-state index in [2.05, 4.69) is 32.8 Å². The number of benzene rings is 1. The first-order valence-corrected chi connectivity index (χ1v) is 6.96. The quantitative estimate of drug-likeness (QED) is 0.793. The van der Waals surface area contributed by atoms with Crippen LogP contribution in [0.15, 0.2) is 53.7 Å². The summed E-state index contributed by atoms with van der Waals surface area (Å²) in [5.41, 5.74) is 7.64. The summed E-state index contributed by atoms with van der Waals surface area (Å²) in [7, 11) is 0. The highest BCUT2D eigenvalue weighted by Gasteiger charge is 2.06. The van der Waals surface area contributed by atoms with Crippen molar-refractivity contribution < 1.29 is 4.74 Å². The van der Waals surface area contributed by atoms with Crippen LogP contribution in [-0.4, -0.2) is 11.6 Å². The fourth-order valence-corrected chi connectivity index (χ4v) is 2.14. The average Bonchev–Trinajstić information content (AvgIpc) is 2.45. The molecule has 0 atom stereocenters. The fraction of sp³-hybridized carbons (Fsp3) is 0.133. The highest BCUT2D eigenvalue weighted by atomic mass is 79.9.